The Morgan fingerprint density at radius 1 is 1.19 bits per heavy atom. The van der Waals surface area contributed by atoms with Crippen LogP contribution in [0.3, 0.4) is 0 Å². The standard InChI is InChI=1S/C18H26N6O2/c1-4-23(17(25)14-7-5-6-8-15(14)24(19)20)10-9-16-21-11-13(12-22-16)18(2,3)26/h5-8,11-12,26H,4,9-10,19-20H2,1-3H3. The molecule has 0 unspecified atom stereocenters. The van der Waals surface area contributed by atoms with Gasteiger partial charge in [0.2, 0.25) is 0 Å². The molecule has 0 atom stereocenters. The van der Waals surface area contributed by atoms with Crippen molar-refractivity contribution in [1.29, 1.82) is 0 Å². The minimum atomic E-state index is -0.982. The van der Waals surface area contributed by atoms with Crippen LogP contribution in [0.15, 0.2) is 36.7 Å². The van der Waals surface area contributed by atoms with Crippen LogP contribution < -0.4 is 16.8 Å². The Bertz CT molecular complexity index is 740. The van der Waals surface area contributed by atoms with E-state index in [4.69, 9.17) is 11.7 Å². The summed E-state index contributed by atoms with van der Waals surface area (Å²) in [4.78, 5) is 23.1. The van der Waals surface area contributed by atoms with Gasteiger partial charge in [0.1, 0.15) is 5.82 Å². The fraction of sp³-hybridized carbons (Fsp3) is 0.389. The van der Waals surface area contributed by atoms with E-state index in [2.05, 4.69) is 9.97 Å². The largest absolute Gasteiger partial charge is 0.386 e. The summed E-state index contributed by atoms with van der Waals surface area (Å²) in [6.45, 7) is 6.25. The molecule has 1 aromatic heterocycles. The number of hydrazine groups is 2. The lowest BCUT2D eigenvalue weighted by Crippen LogP contribution is -2.40. The van der Waals surface area contributed by atoms with Gasteiger partial charge >= 0.3 is 0 Å². The van der Waals surface area contributed by atoms with Crippen LogP contribution >= 0.6 is 0 Å². The number of hydrogen-bond acceptors (Lipinski definition) is 7. The third-order valence-electron chi connectivity index (χ3n) is 4.10. The number of rotatable bonds is 7. The molecule has 0 saturated heterocycles. The highest BCUT2D eigenvalue weighted by Gasteiger charge is 2.20. The van der Waals surface area contributed by atoms with Crippen molar-refractivity contribution in [1.82, 2.24) is 14.9 Å². The molecule has 26 heavy (non-hydrogen) atoms. The van der Waals surface area contributed by atoms with Crippen LogP contribution in [0.1, 0.15) is 42.5 Å². The van der Waals surface area contributed by atoms with Crippen LogP contribution in [0.4, 0.5) is 5.69 Å². The molecule has 2 aromatic rings. The molecule has 0 radical (unpaired) electrons. The summed E-state index contributed by atoms with van der Waals surface area (Å²) in [6.07, 6.45) is 3.72. The summed E-state index contributed by atoms with van der Waals surface area (Å²) in [7, 11) is 0. The maximum atomic E-state index is 12.8. The average molecular weight is 358 g/mol. The van der Waals surface area contributed by atoms with E-state index in [1.165, 1.54) is 0 Å². The van der Waals surface area contributed by atoms with Crippen molar-refractivity contribution in [3.05, 3.63) is 53.6 Å². The molecule has 0 fully saturated rings. The van der Waals surface area contributed by atoms with E-state index in [1.807, 2.05) is 6.92 Å². The number of carbonyl (C=O) groups excluding carboxylic acids is 1. The number of nitrogens with two attached hydrogens (primary N) is 2. The summed E-state index contributed by atoms with van der Waals surface area (Å²) in [5.41, 5.74) is 0.563. The van der Waals surface area contributed by atoms with Crippen molar-refractivity contribution < 1.29 is 9.90 Å². The number of anilines is 1. The fourth-order valence-corrected chi connectivity index (χ4v) is 2.49. The zero-order chi connectivity index (χ0) is 19.3. The van der Waals surface area contributed by atoms with Crippen LogP contribution in [0.25, 0.3) is 0 Å². The minimum absolute atomic E-state index is 0.155. The first-order valence-corrected chi connectivity index (χ1v) is 8.45. The zero-order valence-electron chi connectivity index (χ0n) is 15.4. The van der Waals surface area contributed by atoms with Crippen LogP contribution in [0, 0.1) is 0 Å². The van der Waals surface area contributed by atoms with Gasteiger partial charge in [-0.3, -0.25) is 4.79 Å². The molecule has 0 aliphatic rings. The first kappa shape index (κ1) is 19.8. The van der Waals surface area contributed by atoms with E-state index in [0.29, 0.717) is 42.1 Å². The molecule has 1 amide bonds. The second-order valence-electron chi connectivity index (χ2n) is 6.51. The first-order chi connectivity index (χ1) is 12.2. The van der Waals surface area contributed by atoms with E-state index in [0.717, 1.165) is 5.12 Å². The lowest BCUT2D eigenvalue weighted by Gasteiger charge is -2.23. The number of aromatic nitrogens is 2. The van der Waals surface area contributed by atoms with E-state index in [1.54, 1.807) is 55.4 Å². The van der Waals surface area contributed by atoms with Crippen molar-refractivity contribution in [2.45, 2.75) is 32.8 Å². The van der Waals surface area contributed by atoms with Gasteiger partial charge in [-0.1, -0.05) is 12.1 Å². The molecule has 0 saturated carbocycles. The molecular formula is C18H26N6O2. The Balaban J connectivity index is 2.09. The number of hydrogen-bond donors (Lipinski definition) is 3. The van der Waals surface area contributed by atoms with Gasteiger partial charge in [-0.05, 0) is 32.9 Å². The average Bonchev–Trinajstić information content (AvgIpc) is 2.61. The number of amides is 1. The third kappa shape index (κ3) is 4.75. The van der Waals surface area contributed by atoms with Gasteiger partial charge in [0, 0.05) is 37.5 Å². The van der Waals surface area contributed by atoms with Crippen LogP contribution in [0.2, 0.25) is 0 Å². The summed E-state index contributed by atoms with van der Waals surface area (Å²) in [6, 6.07) is 6.93. The van der Waals surface area contributed by atoms with Crippen molar-refractivity contribution in [2.75, 3.05) is 18.2 Å². The number of likely N-dealkylation sites (N-methyl/N-ethyl adjacent to an activating group) is 1. The molecule has 1 heterocycles. The van der Waals surface area contributed by atoms with Gasteiger partial charge in [0.05, 0.1) is 16.9 Å². The van der Waals surface area contributed by atoms with Crippen molar-refractivity contribution in [2.24, 2.45) is 11.7 Å². The van der Waals surface area contributed by atoms with E-state index < -0.39 is 5.60 Å². The summed E-state index contributed by atoms with van der Waals surface area (Å²) in [5, 5.41) is 10.9. The van der Waals surface area contributed by atoms with Gasteiger partial charge in [0.25, 0.3) is 5.91 Å². The Kier molecular flexibility index (Phi) is 6.25. The normalized spacial score (nSPS) is 11.3. The van der Waals surface area contributed by atoms with Gasteiger partial charge in [-0.15, -0.1) is 0 Å². The number of carbonyl (C=O) groups is 1. The molecule has 0 aliphatic heterocycles. The predicted molar refractivity (Wildman–Crippen MR) is 99.9 cm³/mol. The molecule has 0 spiro atoms. The summed E-state index contributed by atoms with van der Waals surface area (Å²) < 4.78 is 0. The maximum Gasteiger partial charge on any atom is 0.256 e. The van der Waals surface area contributed by atoms with Gasteiger partial charge in [-0.2, -0.15) is 0 Å². The highest BCUT2D eigenvalue weighted by Crippen LogP contribution is 2.19. The molecule has 2 rings (SSSR count). The van der Waals surface area contributed by atoms with Crippen molar-refractivity contribution in [3.63, 3.8) is 0 Å². The van der Waals surface area contributed by atoms with Gasteiger partial charge in [0.15, 0.2) is 0 Å². The SMILES string of the molecule is CCN(CCc1ncc(C(C)(C)O)cn1)C(=O)c1ccccc1N(N)N. The number of aliphatic hydroxyl groups is 1. The quantitative estimate of drug-likeness (QED) is 0.498. The monoisotopic (exact) mass is 358 g/mol. The lowest BCUT2D eigenvalue weighted by atomic mass is 10.0. The Hall–Kier alpha value is -2.55. The molecular weight excluding hydrogens is 332 g/mol. The maximum absolute atomic E-state index is 12.8. The minimum Gasteiger partial charge on any atom is -0.386 e. The Morgan fingerprint density at radius 3 is 2.35 bits per heavy atom. The molecule has 8 heteroatoms. The number of para-hydroxylation sites is 1. The van der Waals surface area contributed by atoms with Gasteiger partial charge < -0.3 is 10.0 Å². The van der Waals surface area contributed by atoms with Crippen LogP contribution in [-0.4, -0.2) is 39.0 Å². The third-order valence-corrected chi connectivity index (χ3v) is 4.10. The summed E-state index contributed by atoms with van der Waals surface area (Å²) >= 11 is 0. The lowest BCUT2D eigenvalue weighted by molar-refractivity contribution is 0.0766. The van der Waals surface area contributed by atoms with E-state index >= 15 is 0 Å². The molecule has 0 aliphatic carbocycles. The van der Waals surface area contributed by atoms with E-state index in [9.17, 15) is 9.90 Å². The topological polar surface area (TPSA) is 122 Å². The van der Waals surface area contributed by atoms with Gasteiger partial charge in [-0.25, -0.2) is 26.8 Å². The van der Waals surface area contributed by atoms with Crippen LogP contribution in [0.5, 0.6) is 0 Å². The first-order valence-electron chi connectivity index (χ1n) is 8.45. The highest BCUT2D eigenvalue weighted by atomic mass is 16.3. The highest BCUT2D eigenvalue weighted by molar-refractivity contribution is 5.99. The molecule has 0 bridgehead atoms. The fourth-order valence-electron chi connectivity index (χ4n) is 2.49. The predicted octanol–water partition coefficient (Wildman–Crippen LogP) is 0.963. The number of nitrogens with zero attached hydrogens (tertiary/aromatic N) is 4. The van der Waals surface area contributed by atoms with Crippen molar-refractivity contribution >= 4 is 11.6 Å². The second-order valence-corrected chi connectivity index (χ2v) is 6.51. The summed E-state index contributed by atoms with van der Waals surface area (Å²) in [5.74, 6) is 11.7. The van der Waals surface area contributed by atoms with Crippen LogP contribution in [-0.2, 0) is 12.0 Å². The number of benzene rings is 1. The second kappa shape index (κ2) is 8.22. The molecule has 140 valence electrons. The molecule has 8 nitrogen and oxygen atoms in total. The molecule has 5 N–H and O–H groups in total. The zero-order valence-corrected chi connectivity index (χ0v) is 15.4. The van der Waals surface area contributed by atoms with E-state index in [-0.39, 0.29) is 5.91 Å². The molecule has 1 aromatic carbocycles. The smallest absolute Gasteiger partial charge is 0.256 e. The Labute approximate surface area is 153 Å². The van der Waals surface area contributed by atoms with Crippen molar-refractivity contribution in [3.8, 4) is 0 Å². The Morgan fingerprint density at radius 2 is 1.81 bits per heavy atom.